The molecule has 0 radical (unpaired) electrons. The maximum Gasteiger partial charge on any atom is 0.264 e. The van der Waals surface area contributed by atoms with E-state index in [1.54, 1.807) is 61.5 Å². The molecular weight excluding hydrogens is 609 g/mol. The summed E-state index contributed by atoms with van der Waals surface area (Å²) in [6.07, 6.45) is 0.986. The first-order chi connectivity index (χ1) is 20.4. The Morgan fingerprint density at radius 1 is 0.907 bits per heavy atom. The second kappa shape index (κ2) is 15.5. The molecule has 0 aliphatic carbocycles. The highest BCUT2D eigenvalue weighted by Gasteiger charge is 2.34. The molecule has 0 saturated carbocycles. The second-order valence-electron chi connectivity index (χ2n) is 10.2. The van der Waals surface area contributed by atoms with E-state index in [1.807, 2.05) is 27.7 Å². The third-order valence-corrected chi connectivity index (χ3v) is 9.60. The third-order valence-electron chi connectivity index (χ3n) is 7.10. The average Bonchev–Trinajstić information content (AvgIpc) is 2.98. The van der Waals surface area contributed by atoms with Gasteiger partial charge in [-0.15, -0.1) is 0 Å². The number of amides is 2. The molecule has 232 valence electrons. The van der Waals surface area contributed by atoms with Crippen LogP contribution in [0.15, 0.2) is 71.6 Å². The number of aryl methyl sites for hydroxylation is 1. The molecule has 3 rings (SSSR count). The van der Waals surface area contributed by atoms with Gasteiger partial charge < -0.3 is 15.0 Å². The lowest BCUT2D eigenvalue weighted by atomic mass is 10.1. The predicted molar refractivity (Wildman–Crippen MR) is 172 cm³/mol. The number of carbonyl (C=O) groups is 2. The van der Waals surface area contributed by atoms with E-state index in [9.17, 15) is 18.0 Å². The first kappa shape index (κ1) is 34.2. The molecule has 0 spiro atoms. The zero-order chi connectivity index (χ0) is 31.7. The fraction of sp³-hybridized carbons (Fsp3) is 0.375. The summed E-state index contributed by atoms with van der Waals surface area (Å²) in [5, 5.41) is 3.62. The predicted octanol–water partition coefficient (Wildman–Crippen LogP) is 6.62. The van der Waals surface area contributed by atoms with Crippen LogP contribution in [0.25, 0.3) is 0 Å². The first-order valence-corrected chi connectivity index (χ1v) is 16.5. The molecule has 11 heteroatoms. The van der Waals surface area contributed by atoms with Gasteiger partial charge in [0.2, 0.25) is 11.8 Å². The summed E-state index contributed by atoms with van der Waals surface area (Å²) >= 11 is 13.0. The van der Waals surface area contributed by atoms with Gasteiger partial charge in [0.05, 0.1) is 17.2 Å². The topological polar surface area (TPSA) is 96.0 Å². The fourth-order valence-corrected chi connectivity index (χ4v) is 6.39. The van der Waals surface area contributed by atoms with E-state index < -0.39 is 28.5 Å². The lowest BCUT2D eigenvalue weighted by Crippen LogP contribution is -2.53. The monoisotopic (exact) mass is 647 g/mol. The summed E-state index contributed by atoms with van der Waals surface area (Å²) in [5.74, 6) is -0.401. The maximum absolute atomic E-state index is 14.2. The van der Waals surface area contributed by atoms with Gasteiger partial charge in [0.25, 0.3) is 10.0 Å². The molecule has 2 amide bonds. The third kappa shape index (κ3) is 8.65. The van der Waals surface area contributed by atoms with Crippen molar-refractivity contribution in [2.45, 2.75) is 71.0 Å². The zero-order valence-electron chi connectivity index (χ0n) is 25.1. The zero-order valence-corrected chi connectivity index (χ0v) is 27.5. The van der Waals surface area contributed by atoms with Crippen molar-refractivity contribution < 1.29 is 22.7 Å². The number of hydrogen-bond acceptors (Lipinski definition) is 5. The summed E-state index contributed by atoms with van der Waals surface area (Å²) in [6, 6.07) is 16.9. The Bertz CT molecular complexity index is 1480. The quantitative estimate of drug-likeness (QED) is 0.212. The molecule has 8 nitrogen and oxygen atoms in total. The molecule has 43 heavy (non-hydrogen) atoms. The van der Waals surface area contributed by atoms with Crippen LogP contribution in [0.1, 0.15) is 51.7 Å². The van der Waals surface area contributed by atoms with Crippen molar-refractivity contribution in [3.8, 4) is 5.75 Å². The van der Waals surface area contributed by atoms with Gasteiger partial charge in [-0.1, -0.05) is 60.8 Å². The molecule has 0 aliphatic heterocycles. The summed E-state index contributed by atoms with van der Waals surface area (Å²) in [5.41, 5.74) is 1.70. The lowest BCUT2D eigenvalue weighted by molar-refractivity contribution is -0.140. The number of halogens is 2. The number of benzene rings is 3. The van der Waals surface area contributed by atoms with Crippen LogP contribution in [0.4, 0.5) is 5.69 Å². The molecule has 0 unspecified atom stereocenters. The molecule has 3 aromatic carbocycles. The van der Waals surface area contributed by atoms with E-state index >= 15 is 0 Å². The largest absolute Gasteiger partial charge is 0.494 e. The molecule has 1 N–H and O–H groups in total. The molecular formula is C32H39Cl2N3O5S. The van der Waals surface area contributed by atoms with Gasteiger partial charge in [-0.05, 0) is 82.1 Å². The summed E-state index contributed by atoms with van der Waals surface area (Å²) in [6.45, 7) is 9.13. The van der Waals surface area contributed by atoms with Crippen molar-refractivity contribution in [2.24, 2.45) is 0 Å². The van der Waals surface area contributed by atoms with Crippen molar-refractivity contribution >= 4 is 50.7 Å². The molecule has 0 saturated heterocycles. The van der Waals surface area contributed by atoms with Crippen LogP contribution in [0.5, 0.6) is 5.75 Å². The average molecular weight is 649 g/mol. The molecule has 0 heterocycles. The van der Waals surface area contributed by atoms with Crippen LogP contribution >= 0.6 is 23.2 Å². The van der Waals surface area contributed by atoms with Crippen LogP contribution in [-0.2, 0) is 26.2 Å². The van der Waals surface area contributed by atoms with Gasteiger partial charge in [-0.3, -0.25) is 13.9 Å². The molecule has 0 aliphatic rings. The number of rotatable bonds is 14. The Morgan fingerprint density at radius 3 is 2.05 bits per heavy atom. The number of nitrogens with one attached hydrogen (secondary N) is 1. The van der Waals surface area contributed by atoms with E-state index in [-0.39, 0.29) is 29.8 Å². The first-order valence-electron chi connectivity index (χ1n) is 14.3. The number of ether oxygens (including phenoxy) is 1. The van der Waals surface area contributed by atoms with Gasteiger partial charge in [-0.25, -0.2) is 8.42 Å². The van der Waals surface area contributed by atoms with Crippen LogP contribution in [0.3, 0.4) is 0 Å². The fourth-order valence-electron chi connectivity index (χ4n) is 4.46. The van der Waals surface area contributed by atoms with Crippen LogP contribution < -0.4 is 14.4 Å². The maximum atomic E-state index is 14.2. The van der Waals surface area contributed by atoms with E-state index in [4.69, 9.17) is 27.9 Å². The Kier molecular flexibility index (Phi) is 12.3. The van der Waals surface area contributed by atoms with E-state index in [1.165, 1.54) is 17.0 Å². The Morgan fingerprint density at radius 2 is 1.51 bits per heavy atom. The summed E-state index contributed by atoms with van der Waals surface area (Å²) < 4.78 is 34.7. The Hall–Kier alpha value is -3.27. The van der Waals surface area contributed by atoms with Gasteiger partial charge >= 0.3 is 0 Å². The van der Waals surface area contributed by atoms with Crippen molar-refractivity contribution in [1.29, 1.82) is 0 Å². The standard InChI is InChI=1S/C32H39Cl2N3O5S/c1-6-23(5)35-32(39)30(7-2)36(20-27-28(33)10-9-11-29(27)34)31(38)21-37(24-14-12-22(4)13-15-24)43(40,41)26-18-16-25(17-19-26)42-8-3/h9-19,23,30H,6-8,20-21H2,1-5H3,(H,35,39)/t23-,30-/m0/s1. The second-order valence-corrected chi connectivity index (χ2v) is 12.9. The Labute approximate surface area is 265 Å². The smallest absolute Gasteiger partial charge is 0.264 e. The highest BCUT2D eigenvalue weighted by Crippen LogP contribution is 2.29. The number of carbonyl (C=O) groups excluding carboxylic acids is 2. The minimum atomic E-state index is -4.21. The minimum absolute atomic E-state index is 0.00779. The highest BCUT2D eigenvalue weighted by molar-refractivity contribution is 7.92. The van der Waals surface area contributed by atoms with Crippen molar-refractivity contribution in [3.63, 3.8) is 0 Å². The van der Waals surface area contributed by atoms with Gasteiger partial charge in [-0.2, -0.15) is 0 Å². The lowest BCUT2D eigenvalue weighted by Gasteiger charge is -2.34. The van der Waals surface area contributed by atoms with Crippen molar-refractivity contribution in [3.05, 3.63) is 87.9 Å². The van der Waals surface area contributed by atoms with Gasteiger partial charge in [0.1, 0.15) is 18.3 Å². The van der Waals surface area contributed by atoms with E-state index in [0.29, 0.717) is 40.1 Å². The molecule has 0 aromatic heterocycles. The molecule has 0 bridgehead atoms. The van der Waals surface area contributed by atoms with Crippen LogP contribution in [0.2, 0.25) is 10.0 Å². The van der Waals surface area contributed by atoms with Crippen molar-refractivity contribution in [2.75, 3.05) is 17.5 Å². The Balaban J connectivity index is 2.09. The number of nitrogens with zero attached hydrogens (tertiary/aromatic N) is 2. The normalized spacial score (nSPS) is 12.7. The van der Waals surface area contributed by atoms with Crippen LogP contribution in [0, 0.1) is 6.92 Å². The number of anilines is 1. The number of hydrogen-bond donors (Lipinski definition) is 1. The molecule has 0 fully saturated rings. The van der Waals surface area contributed by atoms with Crippen LogP contribution in [-0.4, -0.2) is 50.4 Å². The van der Waals surface area contributed by atoms with E-state index in [0.717, 1.165) is 9.87 Å². The van der Waals surface area contributed by atoms with E-state index in [2.05, 4.69) is 5.32 Å². The SMILES string of the molecule is CCOc1ccc(S(=O)(=O)N(CC(=O)N(Cc2c(Cl)cccc2Cl)[C@@H](CC)C(=O)N[C@@H](C)CC)c2ccc(C)cc2)cc1. The highest BCUT2D eigenvalue weighted by atomic mass is 35.5. The number of sulfonamides is 1. The minimum Gasteiger partial charge on any atom is -0.494 e. The molecule has 3 aromatic rings. The van der Waals surface area contributed by atoms with Gasteiger partial charge in [0, 0.05) is 28.2 Å². The van der Waals surface area contributed by atoms with Gasteiger partial charge in [0.15, 0.2) is 0 Å². The summed E-state index contributed by atoms with van der Waals surface area (Å²) in [4.78, 5) is 29.0. The summed E-state index contributed by atoms with van der Waals surface area (Å²) in [7, 11) is -4.21. The van der Waals surface area contributed by atoms with Crippen molar-refractivity contribution in [1.82, 2.24) is 10.2 Å². The molecule has 2 atom stereocenters.